The lowest BCUT2D eigenvalue weighted by atomic mass is 9.64. The second-order valence-corrected chi connectivity index (χ2v) is 5.94. The van der Waals surface area contributed by atoms with E-state index in [1.54, 1.807) is 0 Å². The Labute approximate surface area is 130 Å². The van der Waals surface area contributed by atoms with Crippen LogP contribution in [-0.4, -0.2) is 36.7 Å². The van der Waals surface area contributed by atoms with Crippen LogP contribution in [0.5, 0.6) is 0 Å². The van der Waals surface area contributed by atoms with Crippen molar-refractivity contribution in [1.29, 1.82) is 0 Å². The van der Waals surface area contributed by atoms with Gasteiger partial charge >= 0.3 is 5.97 Å². The summed E-state index contributed by atoms with van der Waals surface area (Å²) in [4.78, 5) is 23.9. The molecule has 5 nitrogen and oxygen atoms in total. The van der Waals surface area contributed by atoms with Crippen LogP contribution in [0.2, 0.25) is 0 Å². The third-order valence-electron chi connectivity index (χ3n) is 4.39. The molecule has 1 aliphatic rings. The average Bonchev–Trinajstić information content (AvgIpc) is 2.47. The number of carbonyl (C=O) groups is 2. The molecule has 22 heavy (non-hydrogen) atoms. The number of nitrogens with one attached hydrogen (secondary N) is 1. The smallest absolute Gasteiger partial charge is 0.326 e. The molecule has 1 atom stereocenters. The zero-order valence-electron chi connectivity index (χ0n) is 12.9. The summed E-state index contributed by atoms with van der Waals surface area (Å²) < 4.78 is 4.91. The molecule has 1 unspecified atom stereocenters. The molecule has 1 aromatic carbocycles. The fraction of sp³-hybridized carbons (Fsp3) is 0.529. The third kappa shape index (κ3) is 3.85. The van der Waals surface area contributed by atoms with Crippen molar-refractivity contribution in [1.82, 2.24) is 5.32 Å². The number of carboxylic acid groups (broad SMARTS) is 1. The highest BCUT2D eigenvalue weighted by molar-refractivity contribution is 5.88. The fourth-order valence-electron chi connectivity index (χ4n) is 2.88. The van der Waals surface area contributed by atoms with Crippen molar-refractivity contribution in [3.05, 3.63) is 35.9 Å². The van der Waals surface area contributed by atoms with Crippen LogP contribution in [0.3, 0.4) is 0 Å². The molecule has 5 heteroatoms. The van der Waals surface area contributed by atoms with Crippen LogP contribution in [0.4, 0.5) is 0 Å². The van der Waals surface area contributed by atoms with E-state index in [2.05, 4.69) is 5.32 Å². The second kappa shape index (κ2) is 7.40. The molecule has 0 bridgehead atoms. The van der Waals surface area contributed by atoms with Gasteiger partial charge in [-0.25, -0.2) is 4.79 Å². The molecule has 2 rings (SSSR count). The Hall–Kier alpha value is -1.88. The minimum absolute atomic E-state index is 0.147. The molecule has 0 heterocycles. The van der Waals surface area contributed by atoms with Gasteiger partial charge in [0.05, 0.1) is 5.41 Å². The monoisotopic (exact) mass is 305 g/mol. The number of hydrogen-bond acceptors (Lipinski definition) is 3. The Bertz CT molecular complexity index is 511. The van der Waals surface area contributed by atoms with Gasteiger partial charge in [0.25, 0.3) is 0 Å². The number of hydrogen-bond donors (Lipinski definition) is 2. The minimum atomic E-state index is -1.01. The minimum Gasteiger partial charge on any atom is -0.480 e. The molecular weight excluding hydrogens is 282 g/mol. The van der Waals surface area contributed by atoms with Crippen LogP contribution in [-0.2, 0) is 20.7 Å². The van der Waals surface area contributed by atoms with Crippen molar-refractivity contribution in [3.8, 4) is 0 Å². The molecule has 1 aliphatic carbocycles. The Balaban J connectivity index is 2.03. The van der Waals surface area contributed by atoms with Crippen molar-refractivity contribution < 1.29 is 19.4 Å². The van der Waals surface area contributed by atoms with Gasteiger partial charge in [0, 0.05) is 20.1 Å². The lowest BCUT2D eigenvalue weighted by molar-refractivity contribution is -0.146. The fourth-order valence-corrected chi connectivity index (χ4v) is 2.88. The van der Waals surface area contributed by atoms with E-state index in [1.807, 2.05) is 30.3 Å². The van der Waals surface area contributed by atoms with Gasteiger partial charge in [-0.05, 0) is 24.8 Å². The lowest BCUT2D eigenvalue weighted by Crippen LogP contribution is -2.52. The first-order valence-electron chi connectivity index (χ1n) is 7.64. The van der Waals surface area contributed by atoms with E-state index in [4.69, 9.17) is 4.74 Å². The number of methoxy groups -OCH3 is 1. The number of aliphatic carboxylic acids is 1. The van der Waals surface area contributed by atoms with Gasteiger partial charge in [-0.15, -0.1) is 0 Å². The highest BCUT2D eigenvalue weighted by Crippen LogP contribution is 2.44. The van der Waals surface area contributed by atoms with Gasteiger partial charge in [-0.2, -0.15) is 0 Å². The van der Waals surface area contributed by atoms with Crippen LogP contribution in [0, 0.1) is 5.41 Å². The van der Waals surface area contributed by atoms with E-state index in [-0.39, 0.29) is 12.3 Å². The van der Waals surface area contributed by atoms with Crippen molar-refractivity contribution >= 4 is 11.9 Å². The van der Waals surface area contributed by atoms with E-state index < -0.39 is 17.4 Å². The van der Waals surface area contributed by atoms with E-state index in [0.29, 0.717) is 13.0 Å². The molecular formula is C17H23NO4. The Kier molecular flexibility index (Phi) is 5.55. The zero-order chi connectivity index (χ0) is 16.0. The van der Waals surface area contributed by atoms with E-state index in [1.165, 1.54) is 7.11 Å². The van der Waals surface area contributed by atoms with E-state index in [9.17, 15) is 14.7 Å². The standard InChI is InChI=1S/C17H23NO4/c1-22-11-8-14(15(19)20)18-16(21)17(9-5-10-17)12-13-6-3-2-4-7-13/h2-4,6-7,14H,5,8-12H2,1H3,(H,18,21)(H,19,20). The van der Waals surface area contributed by atoms with E-state index >= 15 is 0 Å². The van der Waals surface area contributed by atoms with Gasteiger partial charge in [0.15, 0.2) is 0 Å². The van der Waals surface area contributed by atoms with Crippen LogP contribution in [0.15, 0.2) is 30.3 Å². The van der Waals surface area contributed by atoms with Gasteiger partial charge in [-0.3, -0.25) is 4.79 Å². The summed E-state index contributed by atoms with van der Waals surface area (Å²) in [6, 6.07) is 8.99. The molecule has 1 fully saturated rings. The summed E-state index contributed by atoms with van der Waals surface area (Å²) in [5.41, 5.74) is 0.656. The lowest BCUT2D eigenvalue weighted by Gasteiger charge is -2.41. The van der Waals surface area contributed by atoms with Crippen molar-refractivity contribution in [2.24, 2.45) is 5.41 Å². The molecule has 1 saturated carbocycles. The summed E-state index contributed by atoms with van der Waals surface area (Å²) in [6.45, 7) is 0.308. The Morgan fingerprint density at radius 2 is 2.00 bits per heavy atom. The van der Waals surface area contributed by atoms with Crippen molar-refractivity contribution in [3.63, 3.8) is 0 Å². The molecule has 1 aromatic rings. The summed E-state index contributed by atoms with van der Waals surface area (Å²) in [5.74, 6) is -1.16. The summed E-state index contributed by atoms with van der Waals surface area (Å²) in [6.07, 6.45) is 3.57. The maximum absolute atomic E-state index is 12.6. The van der Waals surface area contributed by atoms with Gasteiger partial charge < -0.3 is 15.2 Å². The highest BCUT2D eigenvalue weighted by Gasteiger charge is 2.44. The molecule has 0 spiro atoms. The molecule has 0 aliphatic heterocycles. The largest absolute Gasteiger partial charge is 0.480 e. The first-order chi connectivity index (χ1) is 10.6. The molecule has 0 radical (unpaired) electrons. The van der Waals surface area contributed by atoms with Crippen LogP contribution < -0.4 is 5.32 Å². The topological polar surface area (TPSA) is 75.6 Å². The number of benzene rings is 1. The number of rotatable bonds is 8. The SMILES string of the molecule is COCCC(NC(=O)C1(Cc2ccccc2)CCC1)C(=O)O. The van der Waals surface area contributed by atoms with Crippen molar-refractivity contribution in [2.75, 3.05) is 13.7 Å². The first kappa shape index (κ1) is 16.5. The maximum atomic E-state index is 12.6. The van der Waals surface area contributed by atoms with E-state index in [0.717, 1.165) is 24.8 Å². The van der Waals surface area contributed by atoms with Gasteiger partial charge in [0.1, 0.15) is 6.04 Å². The number of ether oxygens (including phenoxy) is 1. The number of carbonyl (C=O) groups excluding carboxylic acids is 1. The Morgan fingerprint density at radius 3 is 2.50 bits per heavy atom. The molecule has 1 amide bonds. The van der Waals surface area contributed by atoms with Crippen LogP contribution in [0.25, 0.3) is 0 Å². The number of amides is 1. The maximum Gasteiger partial charge on any atom is 0.326 e. The predicted octanol–water partition coefficient (Wildman–Crippen LogP) is 2.01. The molecule has 120 valence electrons. The highest BCUT2D eigenvalue weighted by atomic mass is 16.5. The third-order valence-corrected chi connectivity index (χ3v) is 4.39. The molecule has 0 saturated heterocycles. The summed E-state index contributed by atoms with van der Waals surface area (Å²) in [5, 5.41) is 11.9. The summed E-state index contributed by atoms with van der Waals surface area (Å²) in [7, 11) is 1.52. The van der Waals surface area contributed by atoms with Gasteiger partial charge in [0.2, 0.25) is 5.91 Å². The second-order valence-electron chi connectivity index (χ2n) is 5.94. The Morgan fingerprint density at radius 1 is 1.32 bits per heavy atom. The van der Waals surface area contributed by atoms with Gasteiger partial charge in [-0.1, -0.05) is 36.8 Å². The molecule has 2 N–H and O–H groups in total. The predicted molar refractivity (Wildman–Crippen MR) is 82.5 cm³/mol. The summed E-state index contributed by atoms with van der Waals surface area (Å²) >= 11 is 0. The van der Waals surface area contributed by atoms with Crippen molar-refractivity contribution in [2.45, 2.75) is 38.1 Å². The zero-order valence-corrected chi connectivity index (χ0v) is 12.9. The van der Waals surface area contributed by atoms with Crippen LogP contribution in [0.1, 0.15) is 31.2 Å². The quantitative estimate of drug-likeness (QED) is 0.770. The molecule has 0 aromatic heterocycles. The first-order valence-corrected chi connectivity index (χ1v) is 7.64. The average molecular weight is 305 g/mol. The number of carboxylic acids is 1. The normalized spacial score (nSPS) is 17.3. The van der Waals surface area contributed by atoms with Crippen LogP contribution >= 0.6 is 0 Å².